The topological polar surface area (TPSA) is 60.2 Å². The van der Waals surface area contributed by atoms with Gasteiger partial charge in [-0.15, -0.1) is 0 Å². The molecule has 0 radical (unpaired) electrons. The van der Waals surface area contributed by atoms with Crippen LogP contribution in [0.3, 0.4) is 0 Å². The largest absolute Gasteiger partial charge is 0.444 e. The fourth-order valence-corrected chi connectivity index (χ4v) is 3.72. The monoisotopic (exact) mass is 432 g/mol. The van der Waals surface area contributed by atoms with Crippen molar-refractivity contribution in [3.63, 3.8) is 0 Å². The Balaban J connectivity index is 1.66. The van der Waals surface area contributed by atoms with Gasteiger partial charge < -0.3 is 14.2 Å². The molecule has 0 aromatic carbocycles. The zero-order valence-electron chi connectivity index (χ0n) is 16.6. The first kappa shape index (κ1) is 21.7. The summed E-state index contributed by atoms with van der Waals surface area (Å²) in [5.41, 5.74) is -1.15. The first-order valence-corrected chi connectivity index (χ1v) is 9.88. The SMILES string of the molecule is CC(C)(C)OC(=O)N1CCC(CCn2c(C(F)(F)F)cc3c(Cl)ncnc32)CC1. The Morgan fingerprint density at radius 3 is 2.48 bits per heavy atom. The molecule has 0 saturated carbocycles. The van der Waals surface area contributed by atoms with E-state index in [-0.39, 0.29) is 34.7 Å². The van der Waals surface area contributed by atoms with E-state index in [4.69, 9.17) is 16.3 Å². The summed E-state index contributed by atoms with van der Waals surface area (Å²) in [6.45, 7) is 6.67. The maximum atomic E-state index is 13.5. The lowest BCUT2D eigenvalue weighted by atomic mass is 9.93. The van der Waals surface area contributed by atoms with E-state index < -0.39 is 17.5 Å². The van der Waals surface area contributed by atoms with Crippen LogP contribution in [-0.2, 0) is 17.5 Å². The molecule has 1 fully saturated rings. The number of carbonyl (C=O) groups excluding carboxylic acids is 1. The summed E-state index contributed by atoms with van der Waals surface area (Å²) in [5.74, 6) is 0.213. The number of alkyl halides is 3. The third-order valence-corrected chi connectivity index (χ3v) is 5.26. The molecule has 0 atom stereocenters. The van der Waals surface area contributed by atoms with Gasteiger partial charge in [-0.2, -0.15) is 13.2 Å². The molecule has 6 nitrogen and oxygen atoms in total. The number of amides is 1. The lowest BCUT2D eigenvalue weighted by Gasteiger charge is -2.33. The van der Waals surface area contributed by atoms with Gasteiger partial charge in [0.1, 0.15) is 28.4 Å². The maximum Gasteiger partial charge on any atom is 0.431 e. The molecule has 29 heavy (non-hydrogen) atoms. The van der Waals surface area contributed by atoms with Crippen molar-refractivity contribution in [3.8, 4) is 0 Å². The lowest BCUT2D eigenvalue weighted by molar-refractivity contribution is -0.143. The summed E-state index contributed by atoms with van der Waals surface area (Å²) in [5, 5.41) is 0.200. The van der Waals surface area contributed by atoms with Gasteiger partial charge in [0.2, 0.25) is 0 Å². The quantitative estimate of drug-likeness (QED) is 0.630. The van der Waals surface area contributed by atoms with Crippen molar-refractivity contribution >= 4 is 28.7 Å². The Labute approximate surface area is 172 Å². The van der Waals surface area contributed by atoms with Gasteiger partial charge in [0.05, 0.1) is 5.39 Å². The second kappa shape index (κ2) is 8.01. The number of piperidine rings is 1. The van der Waals surface area contributed by atoms with Crippen molar-refractivity contribution in [1.29, 1.82) is 0 Å². The van der Waals surface area contributed by atoms with Gasteiger partial charge in [-0.05, 0) is 52.0 Å². The van der Waals surface area contributed by atoms with Crippen LogP contribution in [0.4, 0.5) is 18.0 Å². The molecule has 1 amide bonds. The highest BCUT2D eigenvalue weighted by atomic mass is 35.5. The van der Waals surface area contributed by atoms with Crippen molar-refractivity contribution in [2.75, 3.05) is 13.1 Å². The molecule has 0 bridgehead atoms. The molecule has 0 N–H and O–H groups in total. The van der Waals surface area contributed by atoms with Crippen LogP contribution in [0.25, 0.3) is 11.0 Å². The molecule has 1 aliphatic rings. The number of likely N-dealkylation sites (tertiary alicyclic amines) is 1. The average Bonchev–Trinajstić information content (AvgIpc) is 2.99. The molecular weight excluding hydrogens is 409 g/mol. The van der Waals surface area contributed by atoms with E-state index in [2.05, 4.69) is 9.97 Å². The normalized spacial score (nSPS) is 16.4. The summed E-state index contributed by atoms with van der Waals surface area (Å²) in [7, 11) is 0. The minimum atomic E-state index is -4.51. The van der Waals surface area contributed by atoms with Crippen molar-refractivity contribution in [1.82, 2.24) is 19.4 Å². The number of halogens is 4. The first-order chi connectivity index (χ1) is 13.5. The highest BCUT2D eigenvalue weighted by Gasteiger charge is 2.36. The molecule has 0 aliphatic carbocycles. The fraction of sp³-hybridized carbons (Fsp3) is 0.632. The smallest absolute Gasteiger partial charge is 0.431 e. The molecular formula is C19H24ClF3N4O2. The number of nitrogens with zero attached hydrogens (tertiary/aromatic N) is 4. The van der Waals surface area contributed by atoms with Crippen molar-refractivity contribution in [2.45, 2.75) is 58.4 Å². The van der Waals surface area contributed by atoms with E-state index >= 15 is 0 Å². The van der Waals surface area contributed by atoms with Crippen LogP contribution in [0.5, 0.6) is 0 Å². The van der Waals surface area contributed by atoms with Crippen LogP contribution in [-0.4, -0.2) is 44.2 Å². The van der Waals surface area contributed by atoms with E-state index in [0.717, 1.165) is 18.9 Å². The Morgan fingerprint density at radius 2 is 1.90 bits per heavy atom. The first-order valence-electron chi connectivity index (χ1n) is 9.50. The standard InChI is InChI=1S/C19H24ClF3N4O2/c1-18(2,3)29-17(28)26-7-4-12(5-8-26)6-9-27-14(19(21,22)23)10-13-15(20)24-11-25-16(13)27/h10-12H,4-9H2,1-3H3. The van der Waals surface area contributed by atoms with Gasteiger partial charge in [0.25, 0.3) is 0 Å². The van der Waals surface area contributed by atoms with Gasteiger partial charge in [0, 0.05) is 19.6 Å². The van der Waals surface area contributed by atoms with E-state index in [1.807, 2.05) is 20.8 Å². The minimum Gasteiger partial charge on any atom is -0.444 e. The van der Waals surface area contributed by atoms with Crippen LogP contribution >= 0.6 is 11.6 Å². The van der Waals surface area contributed by atoms with Crippen molar-refractivity contribution < 1.29 is 22.7 Å². The Bertz CT molecular complexity index is 884. The summed E-state index contributed by atoms with van der Waals surface area (Å²) in [6, 6.07) is 1.00. The van der Waals surface area contributed by atoms with Gasteiger partial charge >= 0.3 is 12.3 Å². The summed E-state index contributed by atoms with van der Waals surface area (Å²) < 4.78 is 47.0. The summed E-state index contributed by atoms with van der Waals surface area (Å²) in [6.07, 6.45) is -1.70. The van der Waals surface area contributed by atoms with Crippen molar-refractivity contribution in [2.24, 2.45) is 5.92 Å². The van der Waals surface area contributed by atoms with Crippen LogP contribution in [0.15, 0.2) is 12.4 Å². The molecule has 2 aromatic heterocycles. The van der Waals surface area contributed by atoms with E-state index in [0.29, 0.717) is 19.5 Å². The third kappa shape index (κ3) is 5.12. The highest BCUT2D eigenvalue weighted by molar-refractivity contribution is 6.33. The van der Waals surface area contributed by atoms with Crippen LogP contribution in [0.1, 0.15) is 45.7 Å². The average molecular weight is 433 g/mol. The Hall–Kier alpha value is -2.03. The number of fused-ring (bicyclic) bond motifs is 1. The van der Waals surface area contributed by atoms with E-state index in [9.17, 15) is 18.0 Å². The third-order valence-electron chi connectivity index (χ3n) is 4.96. The molecule has 10 heteroatoms. The number of rotatable bonds is 3. The summed E-state index contributed by atoms with van der Waals surface area (Å²) >= 11 is 5.95. The zero-order valence-corrected chi connectivity index (χ0v) is 17.3. The van der Waals surface area contributed by atoms with Crippen LogP contribution in [0.2, 0.25) is 5.15 Å². The molecule has 3 rings (SSSR count). The molecule has 160 valence electrons. The summed E-state index contributed by atoms with van der Waals surface area (Å²) in [4.78, 5) is 21.6. The molecule has 1 aliphatic heterocycles. The predicted molar refractivity (Wildman–Crippen MR) is 103 cm³/mol. The molecule has 1 saturated heterocycles. The molecule has 0 spiro atoms. The number of hydrogen-bond donors (Lipinski definition) is 0. The number of hydrogen-bond acceptors (Lipinski definition) is 4. The van der Waals surface area contributed by atoms with Gasteiger partial charge in [0.15, 0.2) is 0 Å². The lowest BCUT2D eigenvalue weighted by Crippen LogP contribution is -2.41. The predicted octanol–water partition coefficient (Wildman–Crippen LogP) is 5.14. The Morgan fingerprint density at radius 1 is 1.24 bits per heavy atom. The maximum absolute atomic E-state index is 13.5. The van der Waals surface area contributed by atoms with Crippen LogP contribution < -0.4 is 0 Å². The van der Waals surface area contributed by atoms with Gasteiger partial charge in [-0.1, -0.05) is 11.6 Å². The number of ether oxygens (including phenoxy) is 1. The van der Waals surface area contributed by atoms with Gasteiger partial charge in [-0.25, -0.2) is 14.8 Å². The molecule has 3 heterocycles. The number of carbonyl (C=O) groups is 1. The number of aromatic nitrogens is 3. The molecule has 0 unspecified atom stereocenters. The molecule has 2 aromatic rings. The minimum absolute atomic E-state index is 0.00455. The fourth-order valence-electron chi connectivity index (χ4n) is 3.54. The van der Waals surface area contributed by atoms with Crippen molar-refractivity contribution in [3.05, 3.63) is 23.2 Å². The number of aryl methyl sites for hydroxylation is 1. The highest BCUT2D eigenvalue weighted by Crippen LogP contribution is 2.36. The van der Waals surface area contributed by atoms with Crippen LogP contribution in [0, 0.1) is 5.92 Å². The van der Waals surface area contributed by atoms with E-state index in [1.54, 1.807) is 4.90 Å². The Kier molecular flexibility index (Phi) is 5.98. The second-order valence-corrected chi connectivity index (χ2v) is 8.64. The zero-order chi connectivity index (χ0) is 21.4. The van der Waals surface area contributed by atoms with E-state index in [1.165, 1.54) is 10.9 Å². The second-order valence-electron chi connectivity index (χ2n) is 8.28. The van der Waals surface area contributed by atoms with Gasteiger partial charge in [-0.3, -0.25) is 0 Å².